The minimum atomic E-state index is -0.0818. The lowest BCUT2D eigenvalue weighted by Gasteiger charge is -2.36. The average molecular weight is 298 g/mol. The van der Waals surface area contributed by atoms with Gasteiger partial charge in [-0.1, -0.05) is 19.1 Å². The second kappa shape index (κ2) is 6.69. The van der Waals surface area contributed by atoms with Crippen molar-refractivity contribution in [2.45, 2.75) is 38.8 Å². The molecule has 4 heteroatoms. The number of pyridine rings is 1. The molecule has 2 aromatic rings. The highest BCUT2D eigenvalue weighted by molar-refractivity contribution is 5.52. The smallest absolute Gasteiger partial charge is 0.173 e. The Hall–Kier alpha value is -2.23. The Kier molecular flexibility index (Phi) is 4.47. The number of hydrogen-bond acceptors (Lipinski definition) is 4. The number of rotatable bonds is 4. The van der Waals surface area contributed by atoms with Gasteiger partial charge in [-0.05, 0) is 49.1 Å². The van der Waals surface area contributed by atoms with Gasteiger partial charge < -0.3 is 14.7 Å². The van der Waals surface area contributed by atoms with Crippen molar-refractivity contribution >= 4 is 5.82 Å². The Labute approximate surface area is 131 Å². The van der Waals surface area contributed by atoms with E-state index in [1.54, 1.807) is 18.3 Å². The minimum Gasteiger partial charge on any atom is -0.504 e. The quantitative estimate of drug-likeness (QED) is 0.934. The molecule has 1 aromatic carbocycles. The van der Waals surface area contributed by atoms with Crippen LogP contribution in [-0.4, -0.2) is 22.9 Å². The number of ether oxygens (including phenoxy) is 1. The fourth-order valence-electron chi connectivity index (χ4n) is 2.87. The molecule has 0 aliphatic carbocycles. The van der Waals surface area contributed by atoms with E-state index in [1.165, 1.54) is 5.56 Å². The first-order valence-corrected chi connectivity index (χ1v) is 7.94. The van der Waals surface area contributed by atoms with Crippen LogP contribution >= 0.6 is 0 Å². The lowest BCUT2D eigenvalue weighted by Crippen LogP contribution is -2.43. The lowest BCUT2D eigenvalue weighted by molar-refractivity contribution is 0.163. The summed E-state index contributed by atoms with van der Waals surface area (Å²) in [6.45, 7) is 2.99. The Morgan fingerprint density at radius 1 is 1.27 bits per heavy atom. The third-order valence-corrected chi connectivity index (χ3v) is 4.06. The van der Waals surface area contributed by atoms with Gasteiger partial charge in [-0.2, -0.15) is 0 Å². The van der Waals surface area contributed by atoms with Crippen molar-refractivity contribution in [2.75, 3.05) is 11.4 Å². The van der Waals surface area contributed by atoms with Crippen molar-refractivity contribution in [1.29, 1.82) is 0 Å². The monoisotopic (exact) mass is 298 g/mol. The van der Waals surface area contributed by atoms with Crippen LogP contribution in [0.15, 0.2) is 42.6 Å². The van der Waals surface area contributed by atoms with Gasteiger partial charge in [0.05, 0.1) is 0 Å². The second-order valence-corrected chi connectivity index (χ2v) is 5.61. The molecule has 4 nitrogen and oxygen atoms in total. The van der Waals surface area contributed by atoms with Crippen molar-refractivity contribution in [3.05, 3.63) is 48.2 Å². The average Bonchev–Trinajstić information content (AvgIpc) is 2.56. The summed E-state index contributed by atoms with van der Waals surface area (Å²) in [4.78, 5) is 6.39. The first kappa shape index (κ1) is 14.7. The van der Waals surface area contributed by atoms with Gasteiger partial charge >= 0.3 is 0 Å². The SMILES string of the molecule is CCc1cccc(OC2CCCCN2c2ncccc2O)c1. The zero-order valence-corrected chi connectivity index (χ0v) is 12.9. The number of aromatic nitrogens is 1. The van der Waals surface area contributed by atoms with Crippen molar-refractivity contribution in [3.63, 3.8) is 0 Å². The van der Waals surface area contributed by atoms with E-state index in [0.29, 0.717) is 5.82 Å². The molecule has 0 radical (unpaired) electrons. The Morgan fingerprint density at radius 2 is 2.18 bits per heavy atom. The molecule has 1 aromatic heterocycles. The van der Waals surface area contributed by atoms with E-state index in [-0.39, 0.29) is 12.0 Å². The molecule has 2 heterocycles. The van der Waals surface area contributed by atoms with E-state index in [0.717, 1.165) is 38.0 Å². The summed E-state index contributed by atoms with van der Waals surface area (Å²) in [5, 5.41) is 10.1. The molecule has 1 unspecified atom stereocenters. The summed E-state index contributed by atoms with van der Waals surface area (Å²) in [5.41, 5.74) is 1.26. The molecule has 1 fully saturated rings. The third kappa shape index (κ3) is 3.16. The van der Waals surface area contributed by atoms with Crippen LogP contribution in [0.4, 0.5) is 5.82 Å². The zero-order valence-electron chi connectivity index (χ0n) is 12.9. The summed E-state index contributed by atoms with van der Waals surface area (Å²) < 4.78 is 6.19. The number of piperidine rings is 1. The molecule has 1 aliphatic heterocycles. The fourth-order valence-corrected chi connectivity index (χ4v) is 2.87. The Morgan fingerprint density at radius 3 is 3.00 bits per heavy atom. The van der Waals surface area contributed by atoms with E-state index >= 15 is 0 Å². The number of benzene rings is 1. The first-order chi connectivity index (χ1) is 10.8. The fraction of sp³-hybridized carbons (Fsp3) is 0.389. The molecule has 22 heavy (non-hydrogen) atoms. The summed E-state index contributed by atoms with van der Waals surface area (Å²) >= 11 is 0. The summed E-state index contributed by atoms with van der Waals surface area (Å²) in [6, 6.07) is 11.6. The molecular formula is C18H22N2O2. The van der Waals surface area contributed by atoms with Gasteiger partial charge in [0, 0.05) is 19.2 Å². The normalized spacial score (nSPS) is 18.2. The van der Waals surface area contributed by atoms with Gasteiger partial charge in [0.1, 0.15) is 5.75 Å². The van der Waals surface area contributed by atoms with Crippen LogP contribution in [0.1, 0.15) is 31.7 Å². The van der Waals surface area contributed by atoms with Gasteiger partial charge in [0.2, 0.25) is 0 Å². The van der Waals surface area contributed by atoms with Crippen molar-refractivity contribution < 1.29 is 9.84 Å². The highest BCUT2D eigenvalue weighted by atomic mass is 16.5. The van der Waals surface area contributed by atoms with Crippen LogP contribution in [0.5, 0.6) is 11.5 Å². The Balaban J connectivity index is 1.82. The van der Waals surface area contributed by atoms with Gasteiger partial charge in [-0.3, -0.25) is 0 Å². The van der Waals surface area contributed by atoms with Crippen molar-refractivity contribution in [1.82, 2.24) is 4.98 Å². The molecule has 1 aliphatic rings. The van der Waals surface area contributed by atoms with Crippen LogP contribution in [0, 0.1) is 0 Å². The third-order valence-electron chi connectivity index (χ3n) is 4.06. The maximum absolute atomic E-state index is 10.1. The zero-order chi connectivity index (χ0) is 15.4. The molecule has 0 spiro atoms. The summed E-state index contributed by atoms with van der Waals surface area (Å²) in [5.74, 6) is 1.70. The lowest BCUT2D eigenvalue weighted by atomic mass is 10.1. The molecular weight excluding hydrogens is 276 g/mol. The summed E-state index contributed by atoms with van der Waals surface area (Å²) in [6.07, 6.45) is 5.77. The number of aryl methyl sites for hydroxylation is 1. The van der Waals surface area contributed by atoms with Crippen LogP contribution in [-0.2, 0) is 6.42 Å². The number of anilines is 1. The standard InChI is InChI=1S/C18H22N2O2/c1-2-14-7-5-8-15(13-14)22-17-10-3-4-12-20(17)18-16(21)9-6-11-19-18/h5-9,11,13,17,21H,2-4,10,12H2,1H3. The topological polar surface area (TPSA) is 45.6 Å². The predicted molar refractivity (Wildman–Crippen MR) is 87.3 cm³/mol. The molecule has 0 bridgehead atoms. The molecule has 1 atom stereocenters. The van der Waals surface area contributed by atoms with E-state index in [4.69, 9.17) is 4.74 Å². The molecule has 116 valence electrons. The molecule has 3 rings (SSSR count). The molecule has 1 N–H and O–H groups in total. The van der Waals surface area contributed by atoms with Gasteiger partial charge in [0.25, 0.3) is 0 Å². The molecule has 1 saturated heterocycles. The van der Waals surface area contributed by atoms with E-state index in [1.807, 2.05) is 12.1 Å². The number of nitrogens with zero attached hydrogens (tertiary/aromatic N) is 2. The maximum Gasteiger partial charge on any atom is 0.173 e. The van der Waals surface area contributed by atoms with E-state index < -0.39 is 0 Å². The maximum atomic E-state index is 10.1. The second-order valence-electron chi connectivity index (χ2n) is 5.61. The first-order valence-electron chi connectivity index (χ1n) is 7.94. The van der Waals surface area contributed by atoms with Gasteiger partial charge in [-0.25, -0.2) is 4.98 Å². The van der Waals surface area contributed by atoms with Crippen molar-refractivity contribution in [3.8, 4) is 11.5 Å². The minimum absolute atomic E-state index is 0.0818. The number of aromatic hydroxyl groups is 1. The molecule has 0 amide bonds. The number of hydrogen-bond donors (Lipinski definition) is 1. The van der Waals surface area contributed by atoms with E-state index in [9.17, 15) is 5.11 Å². The van der Waals surface area contributed by atoms with Gasteiger partial charge in [-0.15, -0.1) is 0 Å². The highest BCUT2D eigenvalue weighted by Crippen LogP contribution is 2.31. The summed E-state index contributed by atoms with van der Waals surface area (Å²) in [7, 11) is 0. The Bertz CT molecular complexity index is 630. The van der Waals surface area contributed by atoms with Gasteiger partial charge in [0.15, 0.2) is 17.8 Å². The molecule has 0 saturated carbocycles. The predicted octanol–water partition coefficient (Wildman–Crippen LogP) is 3.75. The van der Waals surface area contributed by atoms with Crippen LogP contribution in [0.2, 0.25) is 0 Å². The largest absolute Gasteiger partial charge is 0.504 e. The van der Waals surface area contributed by atoms with Crippen molar-refractivity contribution in [2.24, 2.45) is 0 Å². The van der Waals surface area contributed by atoms with Crippen LogP contribution < -0.4 is 9.64 Å². The van der Waals surface area contributed by atoms with E-state index in [2.05, 4.69) is 28.9 Å². The highest BCUT2D eigenvalue weighted by Gasteiger charge is 2.27. The van der Waals surface area contributed by atoms with Crippen LogP contribution in [0.3, 0.4) is 0 Å². The van der Waals surface area contributed by atoms with Crippen LogP contribution in [0.25, 0.3) is 0 Å².